The van der Waals surface area contributed by atoms with E-state index >= 15 is 0 Å². The van der Waals surface area contributed by atoms with E-state index in [0.717, 1.165) is 6.07 Å². The molecule has 0 atom stereocenters. The number of aromatic nitrogens is 1. The minimum absolute atomic E-state index is 0.0785. The molecule has 0 aromatic carbocycles. The number of aryl methyl sites for hydroxylation is 1. The second-order valence-corrected chi connectivity index (χ2v) is 3.22. The lowest BCUT2D eigenvalue weighted by Crippen LogP contribution is -2.19. The number of nitrogens with zero attached hydrogens (tertiary/aromatic N) is 1. The molecule has 0 unspecified atom stereocenters. The van der Waals surface area contributed by atoms with Crippen molar-refractivity contribution in [1.82, 2.24) is 4.98 Å². The van der Waals surface area contributed by atoms with Crippen molar-refractivity contribution in [2.24, 2.45) is 0 Å². The Morgan fingerprint density at radius 1 is 1.38 bits per heavy atom. The predicted molar refractivity (Wildman–Crippen MR) is 45.6 cm³/mol. The zero-order valence-electron chi connectivity index (χ0n) is 7.78. The highest BCUT2D eigenvalue weighted by Crippen LogP contribution is 2.37. The molecule has 0 aliphatic heterocycles. The molecule has 1 rings (SSSR count). The summed E-state index contributed by atoms with van der Waals surface area (Å²) in [6, 6.07) is 1.01. The van der Waals surface area contributed by atoms with E-state index in [1.54, 1.807) is 0 Å². The monoisotopic (exact) mass is 261 g/mol. The summed E-state index contributed by atoms with van der Waals surface area (Å²) >= 11 is 5.39. The SMILES string of the molecule is Cc1cc(Cl)c(OC(F)(F)F)c(C(F)F)n1. The molecule has 1 aromatic heterocycles. The average molecular weight is 262 g/mol. The number of alkyl halides is 5. The van der Waals surface area contributed by atoms with Gasteiger partial charge in [0.15, 0.2) is 11.4 Å². The molecule has 0 saturated heterocycles. The zero-order valence-corrected chi connectivity index (χ0v) is 8.53. The fraction of sp³-hybridized carbons (Fsp3) is 0.375. The summed E-state index contributed by atoms with van der Waals surface area (Å²) in [5.74, 6) is -1.16. The van der Waals surface area contributed by atoms with Gasteiger partial charge in [-0.15, -0.1) is 13.2 Å². The number of ether oxygens (including phenoxy) is 1. The lowest BCUT2D eigenvalue weighted by molar-refractivity contribution is -0.275. The van der Waals surface area contributed by atoms with Gasteiger partial charge in [0.2, 0.25) is 0 Å². The Kier molecular flexibility index (Phi) is 3.57. The van der Waals surface area contributed by atoms with Crippen LogP contribution in [0.15, 0.2) is 6.07 Å². The predicted octanol–water partition coefficient (Wildman–Crippen LogP) is 3.88. The van der Waals surface area contributed by atoms with Crippen LogP contribution >= 0.6 is 11.6 Å². The van der Waals surface area contributed by atoms with Gasteiger partial charge in [0.1, 0.15) is 0 Å². The summed E-state index contributed by atoms with van der Waals surface area (Å²) in [6.07, 6.45) is -8.29. The third-order valence-electron chi connectivity index (χ3n) is 1.51. The summed E-state index contributed by atoms with van der Waals surface area (Å²) in [4.78, 5) is 3.26. The topological polar surface area (TPSA) is 22.1 Å². The number of halogens is 6. The molecule has 0 amide bonds. The standard InChI is InChI=1S/C8H5ClF5NO/c1-3-2-4(9)6(16-8(12,13)14)5(15-3)7(10)11/h2,7H,1H3. The van der Waals surface area contributed by atoms with Crippen LogP contribution in [0, 0.1) is 6.92 Å². The molecule has 2 nitrogen and oxygen atoms in total. The quantitative estimate of drug-likeness (QED) is 0.754. The van der Waals surface area contributed by atoms with Gasteiger partial charge in [0.05, 0.1) is 5.02 Å². The van der Waals surface area contributed by atoms with Crippen molar-refractivity contribution in [3.63, 3.8) is 0 Å². The van der Waals surface area contributed by atoms with Crippen molar-refractivity contribution in [2.45, 2.75) is 19.7 Å². The minimum atomic E-state index is -5.09. The van der Waals surface area contributed by atoms with Crippen LogP contribution in [0.25, 0.3) is 0 Å². The summed E-state index contributed by atoms with van der Waals surface area (Å²) in [5, 5.41) is -0.555. The van der Waals surface area contributed by atoms with Gasteiger partial charge in [0.25, 0.3) is 6.43 Å². The van der Waals surface area contributed by atoms with Gasteiger partial charge in [-0.2, -0.15) is 0 Å². The molecule has 1 heterocycles. The lowest BCUT2D eigenvalue weighted by atomic mass is 10.3. The molecule has 0 saturated carbocycles. The van der Waals surface area contributed by atoms with Crippen LogP contribution < -0.4 is 4.74 Å². The smallest absolute Gasteiger partial charge is 0.402 e. The molecule has 0 N–H and O–H groups in total. The number of rotatable bonds is 2. The maximum absolute atomic E-state index is 12.4. The Labute approximate surface area is 92.0 Å². The highest BCUT2D eigenvalue weighted by atomic mass is 35.5. The molecule has 0 aliphatic rings. The average Bonchev–Trinajstić information content (AvgIpc) is 2.07. The van der Waals surface area contributed by atoms with E-state index in [4.69, 9.17) is 11.6 Å². The van der Waals surface area contributed by atoms with Crippen LogP contribution in [0.4, 0.5) is 22.0 Å². The first-order valence-electron chi connectivity index (χ1n) is 3.91. The van der Waals surface area contributed by atoms with Crippen LogP contribution in [0.3, 0.4) is 0 Å². The number of hydrogen-bond acceptors (Lipinski definition) is 2. The Balaban J connectivity index is 3.25. The van der Waals surface area contributed by atoms with Crippen molar-refractivity contribution >= 4 is 11.6 Å². The third kappa shape index (κ3) is 3.19. The van der Waals surface area contributed by atoms with Gasteiger partial charge in [-0.1, -0.05) is 11.6 Å². The van der Waals surface area contributed by atoms with E-state index in [-0.39, 0.29) is 5.69 Å². The first kappa shape index (κ1) is 13.0. The zero-order chi connectivity index (χ0) is 12.5. The number of pyridine rings is 1. The fourth-order valence-corrected chi connectivity index (χ4v) is 1.30. The first-order chi connectivity index (χ1) is 7.20. The Morgan fingerprint density at radius 2 is 1.94 bits per heavy atom. The maximum Gasteiger partial charge on any atom is 0.573 e. The second kappa shape index (κ2) is 4.40. The first-order valence-corrected chi connectivity index (χ1v) is 4.29. The summed E-state index contributed by atoms with van der Waals surface area (Å²) in [7, 11) is 0. The van der Waals surface area contributed by atoms with E-state index in [0.29, 0.717) is 0 Å². The Hall–Kier alpha value is -1.11. The van der Waals surface area contributed by atoms with Crippen molar-refractivity contribution in [1.29, 1.82) is 0 Å². The second-order valence-electron chi connectivity index (χ2n) is 2.81. The van der Waals surface area contributed by atoms with Gasteiger partial charge in [-0.25, -0.2) is 13.8 Å². The summed E-state index contributed by atoms with van der Waals surface area (Å²) in [5.41, 5.74) is -1.04. The van der Waals surface area contributed by atoms with Gasteiger partial charge < -0.3 is 4.74 Å². The van der Waals surface area contributed by atoms with Crippen LogP contribution in [0.1, 0.15) is 17.8 Å². The molecule has 90 valence electrons. The fourth-order valence-electron chi connectivity index (χ4n) is 1.01. The molecule has 8 heteroatoms. The van der Waals surface area contributed by atoms with Crippen LogP contribution in [-0.4, -0.2) is 11.3 Å². The lowest BCUT2D eigenvalue weighted by Gasteiger charge is -2.14. The molecule has 0 aliphatic carbocycles. The number of hydrogen-bond donors (Lipinski definition) is 0. The molecular weight excluding hydrogens is 257 g/mol. The summed E-state index contributed by atoms with van der Waals surface area (Å²) in [6.45, 7) is 1.33. The molecule has 0 radical (unpaired) electrons. The van der Waals surface area contributed by atoms with E-state index in [9.17, 15) is 22.0 Å². The molecule has 0 fully saturated rings. The van der Waals surface area contributed by atoms with Crippen molar-refractivity contribution in [3.05, 3.63) is 22.5 Å². The molecular formula is C8H5ClF5NO. The molecule has 0 spiro atoms. The minimum Gasteiger partial charge on any atom is -0.402 e. The van der Waals surface area contributed by atoms with Crippen molar-refractivity contribution in [3.8, 4) is 5.75 Å². The Morgan fingerprint density at radius 3 is 2.38 bits per heavy atom. The highest BCUT2D eigenvalue weighted by Gasteiger charge is 2.35. The van der Waals surface area contributed by atoms with Crippen molar-refractivity contribution < 1.29 is 26.7 Å². The van der Waals surface area contributed by atoms with Crippen LogP contribution in [0.5, 0.6) is 5.75 Å². The van der Waals surface area contributed by atoms with Crippen molar-refractivity contribution in [2.75, 3.05) is 0 Å². The van der Waals surface area contributed by atoms with E-state index in [2.05, 4.69) is 9.72 Å². The molecule has 0 bridgehead atoms. The van der Waals surface area contributed by atoms with Crippen LogP contribution in [0.2, 0.25) is 5.02 Å². The van der Waals surface area contributed by atoms with Gasteiger partial charge >= 0.3 is 6.36 Å². The summed E-state index contributed by atoms with van der Waals surface area (Å²) < 4.78 is 63.9. The maximum atomic E-state index is 12.4. The van der Waals surface area contributed by atoms with E-state index in [1.165, 1.54) is 6.92 Å². The van der Waals surface area contributed by atoms with Gasteiger partial charge in [-0.3, -0.25) is 0 Å². The normalized spacial score (nSPS) is 12.0. The third-order valence-corrected chi connectivity index (χ3v) is 1.79. The molecule has 1 aromatic rings. The highest BCUT2D eigenvalue weighted by molar-refractivity contribution is 6.32. The van der Waals surface area contributed by atoms with Crippen LogP contribution in [-0.2, 0) is 0 Å². The van der Waals surface area contributed by atoms with E-state index in [1.807, 2.05) is 0 Å². The van der Waals surface area contributed by atoms with Gasteiger partial charge in [-0.05, 0) is 13.0 Å². The van der Waals surface area contributed by atoms with Gasteiger partial charge in [0, 0.05) is 5.69 Å². The largest absolute Gasteiger partial charge is 0.573 e. The molecule has 16 heavy (non-hydrogen) atoms. The Bertz CT molecular complexity index is 393. The van der Waals surface area contributed by atoms with E-state index < -0.39 is 29.3 Å².